The summed E-state index contributed by atoms with van der Waals surface area (Å²) >= 11 is 6.33. The quantitative estimate of drug-likeness (QED) is 0.421. The van der Waals surface area contributed by atoms with Gasteiger partial charge in [-0.2, -0.15) is 9.97 Å². The van der Waals surface area contributed by atoms with E-state index in [4.69, 9.17) is 32.0 Å². The number of benzene rings is 1. The Balaban J connectivity index is 0.000000377. The van der Waals surface area contributed by atoms with Gasteiger partial charge in [-0.25, -0.2) is 9.18 Å². The van der Waals surface area contributed by atoms with Crippen LogP contribution in [-0.2, 0) is 24.2 Å². The van der Waals surface area contributed by atoms with Crippen molar-refractivity contribution in [2.24, 2.45) is 10.7 Å². The Hall–Kier alpha value is -3.28. The number of carboxylic acids is 1. The zero-order valence-electron chi connectivity index (χ0n) is 26.5. The predicted octanol–water partition coefficient (Wildman–Crippen LogP) is 4.50. The van der Waals surface area contributed by atoms with Crippen molar-refractivity contribution in [1.29, 1.82) is 0 Å². The topological polar surface area (TPSA) is 120 Å². The summed E-state index contributed by atoms with van der Waals surface area (Å²) in [6.07, 6.45) is 6.44. The van der Waals surface area contributed by atoms with Crippen LogP contribution in [0.25, 0.3) is 0 Å². The minimum atomic E-state index is -1.27. The van der Waals surface area contributed by atoms with Gasteiger partial charge < -0.3 is 20.5 Å². The van der Waals surface area contributed by atoms with Crippen LogP contribution in [0.2, 0.25) is 0 Å². The Bertz CT molecular complexity index is 1430. The van der Waals surface area contributed by atoms with E-state index < -0.39 is 17.8 Å². The smallest absolute Gasteiger partial charge is 0.353 e. The fraction of sp³-hybridized carbons (Fsp3) is 0.576. The van der Waals surface area contributed by atoms with Crippen LogP contribution in [0, 0.1) is 0 Å². The first-order valence-electron chi connectivity index (χ1n) is 16.0. The van der Waals surface area contributed by atoms with Gasteiger partial charge in [0.1, 0.15) is 17.7 Å². The number of hydrogen-bond acceptors (Lipinski definition) is 9. The van der Waals surface area contributed by atoms with Crippen LogP contribution < -0.4 is 15.4 Å². The van der Waals surface area contributed by atoms with Crippen LogP contribution in [0.1, 0.15) is 67.5 Å². The second kappa shape index (κ2) is 14.9. The van der Waals surface area contributed by atoms with Gasteiger partial charge >= 0.3 is 12.0 Å². The molecule has 0 aliphatic carbocycles. The minimum Gasteiger partial charge on any atom is -0.477 e. The highest BCUT2D eigenvalue weighted by molar-refractivity contribution is 6.45. The highest BCUT2D eigenvalue weighted by Crippen LogP contribution is 2.38. The summed E-state index contributed by atoms with van der Waals surface area (Å²) in [4.78, 5) is 32.1. The summed E-state index contributed by atoms with van der Waals surface area (Å²) in [6.45, 7) is 6.23. The van der Waals surface area contributed by atoms with Gasteiger partial charge in [0.25, 0.3) is 0 Å². The van der Waals surface area contributed by atoms with Crippen molar-refractivity contribution < 1.29 is 19.0 Å². The summed E-state index contributed by atoms with van der Waals surface area (Å²) in [5.74, 6) is -0.507. The number of anilines is 1. The second-order valence-electron chi connectivity index (χ2n) is 12.3. The molecule has 4 aliphatic heterocycles. The lowest BCUT2D eigenvalue weighted by molar-refractivity contribution is -0.132. The molecule has 3 unspecified atom stereocenters. The van der Waals surface area contributed by atoms with Crippen molar-refractivity contribution in [3.8, 4) is 6.01 Å². The Labute approximate surface area is 270 Å². The van der Waals surface area contributed by atoms with Crippen LogP contribution >= 0.6 is 11.6 Å². The van der Waals surface area contributed by atoms with Gasteiger partial charge in [-0.3, -0.25) is 14.8 Å². The molecule has 2 aromatic rings. The summed E-state index contributed by atoms with van der Waals surface area (Å²) in [6, 6.07) is 9.75. The molecule has 244 valence electrons. The molecule has 0 amide bonds. The zero-order valence-corrected chi connectivity index (χ0v) is 27.3. The van der Waals surface area contributed by atoms with E-state index in [9.17, 15) is 14.3 Å². The lowest BCUT2D eigenvalue weighted by Gasteiger charge is -2.37. The van der Waals surface area contributed by atoms with Gasteiger partial charge in [-0.15, -0.1) is 0 Å². The number of carbonyl (C=O) groups is 1. The highest BCUT2D eigenvalue weighted by atomic mass is 35.5. The molecule has 6 rings (SSSR count). The SMILES string of the molecule is CCCc1ccccc1C1Cc2nc(OC)nc(N3CCCN=C(/C(Cl)=C(\N)C(=O)O)C3)c2CN1C.FC1CC2CCCN2C1. The molecule has 45 heavy (non-hydrogen) atoms. The lowest BCUT2D eigenvalue weighted by Crippen LogP contribution is -2.37. The number of aryl methyl sites for hydroxylation is 1. The third kappa shape index (κ3) is 7.58. The van der Waals surface area contributed by atoms with Crippen molar-refractivity contribution in [2.45, 2.75) is 76.7 Å². The van der Waals surface area contributed by atoms with Gasteiger partial charge in [-0.1, -0.05) is 49.2 Å². The Morgan fingerprint density at radius 1 is 1.20 bits per heavy atom. The molecule has 0 radical (unpaired) electrons. The molecule has 3 N–H and O–H groups in total. The molecular formula is C33H45ClFN7O3. The van der Waals surface area contributed by atoms with E-state index in [1.807, 2.05) is 0 Å². The number of ether oxygens (including phenoxy) is 1. The van der Waals surface area contributed by atoms with Crippen molar-refractivity contribution in [1.82, 2.24) is 19.8 Å². The number of aromatic nitrogens is 2. The first-order chi connectivity index (χ1) is 21.7. The molecule has 1 aromatic carbocycles. The second-order valence-corrected chi connectivity index (χ2v) is 12.7. The number of aliphatic imine (C=N–C) groups is 1. The van der Waals surface area contributed by atoms with Crippen molar-refractivity contribution in [3.05, 3.63) is 57.4 Å². The lowest BCUT2D eigenvalue weighted by atomic mass is 9.89. The predicted molar refractivity (Wildman–Crippen MR) is 175 cm³/mol. The normalized spacial score (nSPS) is 24.1. The molecule has 0 bridgehead atoms. The van der Waals surface area contributed by atoms with E-state index in [1.165, 1.54) is 24.0 Å². The number of rotatable bonds is 7. The van der Waals surface area contributed by atoms with Gasteiger partial charge in [0, 0.05) is 50.2 Å². The van der Waals surface area contributed by atoms with Crippen LogP contribution in [0.15, 0.2) is 40.0 Å². The first kappa shape index (κ1) is 33.1. The molecular weight excluding hydrogens is 597 g/mol. The number of carboxylic acid groups (broad SMARTS) is 1. The van der Waals surface area contributed by atoms with Gasteiger partial charge in [-0.05, 0) is 56.8 Å². The fourth-order valence-electron chi connectivity index (χ4n) is 6.96. The maximum atomic E-state index is 12.6. The largest absolute Gasteiger partial charge is 0.477 e. The Morgan fingerprint density at radius 3 is 2.73 bits per heavy atom. The van der Waals surface area contributed by atoms with Crippen LogP contribution in [0.4, 0.5) is 10.2 Å². The number of alkyl halides is 1. The summed E-state index contributed by atoms with van der Waals surface area (Å²) in [7, 11) is 3.70. The van der Waals surface area contributed by atoms with E-state index in [-0.39, 0.29) is 11.1 Å². The molecule has 4 aliphatic rings. The van der Waals surface area contributed by atoms with E-state index in [0.29, 0.717) is 50.5 Å². The van der Waals surface area contributed by atoms with Crippen molar-refractivity contribution >= 4 is 29.1 Å². The average Bonchev–Trinajstić information content (AvgIpc) is 3.52. The molecule has 12 heteroatoms. The van der Waals surface area contributed by atoms with E-state index in [2.05, 4.69) is 57.9 Å². The molecule has 2 fully saturated rings. The number of methoxy groups -OCH3 is 1. The maximum absolute atomic E-state index is 12.6. The number of halogens is 2. The van der Waals surface area contributed by atoms with E-state index >= 15 is 0 Å². The number of aliphatic carboxylic acids is 1. The fourth-order valence-corrected chi connectivity index (χ4v) is 7.16. The summed E-state index contributed by atoms with van der Waals surface area (Å²) in [5, 5.41) is 9.25. The highest BCUT2D eigenvalue weighted by Gasteiger charge is 2.35. The Kier molecular flexibility index (Phi) is 10.9. The molecule has 10 nitrogen and oxygen atoms in total. The number of likely N-dealkylation sites (N-methyl/N-ethyl adjacent to an activating group) is 1. The molecule has 2 saturated heterocycles. The van der Waals surface area contributed by atoms with Crippen LogP contribution in [0.3, 0.4) is 0 Å². The van der Waals surface area contributed by atoms with E-state index in [0.717, 1.165) is 55.7 Å². The van der Waals surface area contributed by atoms with Crippen LogP contribution in [0.5, 0.6) is 6.01 Å². The number of hydrogen-bond donors (Lipinski definition) is 2. The maximum Gasteiger partial charge on any atom is 0.353 e. The molecule has 3 atom stereocenters. The van der Waals surface area contributed by atoms with Crippen molar-refractivity contribution in [3.63, 3.8) is 0 Å². The number of nitrogens with zero attached hydrogens (tertiary/aromatic N) is 6. The third-order valence-corrected chi connectivity index (χ3v) is 9.62. The molecule has 0 saturated carbocycles. The minimum absolute atomic E-state index is 0.0333. The standard InChI is InChI=1S/C26H33ClN6O3.C7H12FN/c1-4-8-16-9-5-6-10-17(16)21-13-19-18(14-32(21)2)24(31-26(30-19)36-3)33-12-7-11-29-20(15-33)22(27)23(28)25(34)35;8-6-4-7-2-1-3-9(7)5-6/h5-6,9-10,21H,4,7-8,11-15,28H2,1-3H3,(H,34,35);6-7H,1-5H2/b23-22+;. The molecule has 0 spiro atoms. The monoisotopic (exact) mass is 641 g/mol. The van der Waals surface area contributed by atoms with Crippen molar-refractivity contribution in [2.75, 3.05) is 51.8 Å². The van der Waals surface area contributed by atoms with Crippen LogP contribution in [-0.4, -0.2) is 95.7 Å². The zero-order chi connectivity index (χ0) is 32.1. The van der Waals surface area contributed by atoms with Gasteiger partial charge in [0.2, 0.25) is 0 Å². The van der Waals surface area contributed by atoms with Gasteiger partial charge in [0.15, 0.2) is 0 Å². The Morgan fingerprint density at radius 2 is 2.00 bits per heavy atom. The number of fused-ring (bicyclic) bond motifs is 2. The molecule has 1 aromatic heterocycles. The molecule has 5 heterocycles. The summed E-state index contributed by atoms with van der Waals surface area (Å²) in [5.41, 5.74) is 10.4. The summed E-state index contributed by atoms with van der Waals surface area (Å²) < 4.78 is 18.1. The average molecular weight is 642 g/mol. The first-order valence-corrected chi connectivity index (χ1v) is 16.3. The van der Waals surface area contributed by atoms with E-state index in [1.54, 1.807) is 7.11 Å². The number of nitrogens with two attached hydrogens (primary N) is 1. The van der Waals surface area contributed by atoms with Gasteiger partial charge in [0.05, 0.1) is 30.1 Å². The third-order valence-electron chi connectivity index (χ3n) is 9.20.